The first-order valence-corrected chi connectivity index (χ1v) is 12.0. The summed E-state index contributed by atoms with van der Waals surface area (Å²) in [4.78, 5) is 28.6. The fourth-order valence-corrected chi connectivity index (χ4v) is 5.61. The van der Waals surface area contributed by atoms with E-state index in [9.17, 15) is 18.0 Å². The summed E-state index contributed by atoms with van der Waals surface area (Å²) in [5.74, 6) is -0.227. The number of halogens is 1. The van der Waals surface area contributed by atoms with Crippen LogP contribution in [0.1, 0.15) is 41.0 Å². The summed E-state index contributed by atoms with van der Waals surface area (Å²) in [7, 11) is -4.10. The van der Waals surface area contributed by atoms with Gasteiger partial charge >= 0.3 is 0 Å². The molecule has 1 fully saturated rings. The molecule has 1 saturated heterocycles. The van der Waals surface area contributed by atoms with Crippen molar-refractivity contribution in [1.29, 1.82) is 0 Å². The summed E-state index contributed by atoms with van der Waals surface area (Å²) >= 11 is 5.87. The first kappa shape index (κ1) is 21.6. The van der Waals surface area contributed by atoms with Crippen molar-refractivity contribution in [3.63, 3.8) is 0 Å². The van der Waals surface area contributed by atoms with Crippen LogP contribution in [0.25, 0.3) is 0 Å². The van der Waals surface area contributed by atoms with Crippen molar-refractivity contribution >= 4 is 33.2 Å². The smallest absolute Gasteiger partial charge is 0.262 e. The molecular formula is C23H23ClN2O4S. The standard InChI is InChI=1S/C23H23ClN2O4S/c1-14-11-15(2)13-26(12-14)21-20(22(27)18-5-3-4-6-19(18)23(21)28)25-31(29,30)17-9-7-16(24)8-10-17/h3-10,14-15,25H,11-13H2,1-2H3/t14-,15-/m0/s1. The van der Waals surface area contributed by atoms with Gasteiger partial charge in [0.2, 0.25) is 11.6 Å². The molecule has 0 amide bonds. The Kier molecular flexibility index (Phi) is 5.66. The van der Waals surface area contributed by atoms with E-state index in [1.165, 1.54) is 24.3 Å². The van der Waals surface area contributed by atoms with Gasteiger partial charge in [-0.3, -0.25) is 14.3 Å². The summed E-state index contributed by atoms with van der Waals surface area (Å²) in [5, 5.41) is 0.396. The van der Waals surface area contributed by atoms with Crippen molar-refractivity contribution in [2.24, 2.45) is 11.8 Å². The van der Waals surface area contributed by atoms with E-state index in [0.717, 1.165) is 6.42 Å². The number of allylic oxidation sites excluding steroid dienone is 2. The molecule has 6 nitrogen and oxygen atoms in total. The maximum atomic E-state index is 13.4. The lowest BCUT2D eigenvalue weighted by atomic mass is 9.86. The van der Waals surface area contributed by atoms with E-state index in [4.69, 9.17) is 11.6 Å². The van der Waals surface area contributed by atoms with Crippen LogP contribution >= 0.6 is 11.6 Å². The Balaban J connectivity index is 1.84. The highest BCUT2D eigenvalue weighted by Gasteiger charge is 2.39. The molecule has 162 valence electrons. The monoisotopic (exact) mass is 458 g/mol. The lowest BCUT2D eigenvalue weighted by Crippen LogP contribution is -2.45. The van der Waals surface area contributed by atoms with Gasteiger partial charge in [-0.15, -0.1) is 0 Å². The van der Waals surface area contributed by atoms with E-state index in [-0.39, 0.29) is 27.6 Å². The minimum absolute atomic E-state index is 0.0387. The molecule has 1 heterocycles. The summed E-state index contributed by atoms with van der Waals surface area (Å²) in [6.07, 6.45) is 1.01. The summed E-state index contributed by atoms with van der Waals surface area (Å²) in [6.45, 7) is 5.33. The number of rotatable bonds is 4. The van der Waals surface area contributed by atoms with E-state index in [2.05, 4.69) is 18.6 Å². The van der Waals surface area contributed by atoms with Crippen LogP contribution in [0.2, 0.25) is 5.02 Å². The number of ketones is 2. The van der Waals surface area contributed by atoms with E-state index in [1.54, 1.807) is 24.3 Å². The van der Waals surface area contributed by atoms with Crippen LogP contribution < -0.4 is 4.72 Å². The molecular weight excluding hydrogens is 436 g/mol. The molecule has 0 aromatic heterocycles. The molecule has 2 atom stereocenters. The second kappa shape index (κ2) is 8.13. The van der Waals surface area contributed by atoms with Gasteiger partial charge in [0.05, 0.1) is 4.90 Å². The van der Waals surface area contributed by atoms with Crippen molar-refractivity contribution in [2.75, 3.05) is 13.1 Å². The number of nitrogens with zero attached hydrogens (tertiary/aromatic N) is 1. The molecule has 2 aliphatic rings. The summed E-state index contributed by atoms with van der Waals surface area (Å²) in [5.41, 5.74) is 0.422. The fraction of sp³-hybridized carbons (Fsp3) is 0.304. The molecule has 1 aliphatic heterocycles. The molecule has 4 rings (SSSR count). The Hall–Kier alpha value is -2.64. The molecule has 0 radical (unpaired) electrons. The Morgan fingerprint density at radius 1 is 0.903 bits per heavy atom. The topological polar surface area (TPSA) is 83.6 Å². The maximum Gasteiger partial charge on any atom is 0.262 e. The van der Waals surface area contributed by atoms with E-state index >= 15 is 0 Å². The molecule has 0 spiro atoms. The highest BCUT2D eigenvalue weighted by Crippen LogP contribution is 2.32. The summed E-state index contributed by atoms with van der Waals surface area (Å²) < 4.78 is 28.6. The third-order valence-electron chi connectivity index (χ3n) is 5.64. The van der Waals surface area contributed by atoms with Gasteiger partial charge in [-0.2, -0.15) is 0 Å². The van der Waals surface area contributed by atoms with Crippen LogP contribution in [0.4, 0.5) is 0 Å². The number of nitrogens with one attached hydrogen (secondary N) is 1. The predicted octanol–water partition coefficient (Wildman–Crippen LogP) is 3.89. The zero-order valence-electron chi connectivity index (χ0n) is 17.3. The zero-order chi connectivity index (χ0) is 22.3. The highest BCUT2D eigenvalue weighted by atomic mass is 35.5. The number of carbonyl (C=O) groups is 2. The van der Waals surface area contributed by atoms with Crippen LogP contribution in [-0.2, 0) is 10.0 Å². The SMILES string of the molecule is C[C@H]1C[C@H](C)CN(C2=C(NS(=O)(=O)c3ccc(Cl)cc3)C(=O)c3ccccc3C2=O)C1. The van der Waals surface area contributed by atoms with Gasteiger partial charge in [-0.05, 0) is 42.5 Å². The van der Waals surface area contributed by atoms with Gasteiger partial charge in [0.1, 0.15) is 11.4 Å². The van der Waals surface area contributed by atoms with Gasteiger partial charge < -0.3 is 4.90 Å². The first-order valence-electron chi connectivity index (χ1n) is 10.1. The first-order chi connectivity index (χ1) is 14.7. The Morgan fingerprint density at radius 3 is 2.03 bits per heavy atom. The third-order valence-corrected chi connectivity index (χ3v) is 7.26. The number of hydrogen-bond acceptors (Lipinski definition) is 5. The number of hydrogen-bond donors (Lipinski definition) is 1. The molecule has 1 aliphatic carbocycles. The third kappa shape index (κ3) is 4.12. The molecule has 0 unspecified atom stereocenters. The van der Waals surface area contributed by atoms with Gasteiger partial charge in [0.25, 0.3) is 10.0 Å². The second-order valence-electron chi connectivity index (χ2n) is 8.34. The van der Waals surface area contributed by atoms with E-state index in [0.29, 0.717) is 35.5 Å². The Bertz CT molecular complexity index is 1180. The number of fused-ring (bicyclic) bond motifs is 1. The lowest BCUT2D eigenvalue weighted by Gasteiger charge is -2.39. The van der Waals surface area contributed by atoms with Crippen molar-refractivity contribution in [2.45, 2.75) is 25.2 Å². The molecule has 8 heteroatoms. The van der Waals surface area contributed by atoms with Crippen LogP contribution in [0, 0.1) is 11.8 Å². The van der Waals surface area contributed by atoms with Gasteiger partial charge in [0.15, 0.2) is 0 Å². The molecule has 2 aromatic rings. The number of sulfonamides is 1. The molecule has 0 bridgehead atoms. The van der Waals surface area contributed by atoms with Crippen LogP contribution in [0.5, 0.6) is 0 Å². The normalized spacial score (nSPS) is 21.8. The number of benzene rings is 2. The number of carbonyl (C=O) groups excluding carboxylic acids is 2. The minimum Gasteiger partial charge on any atom is -0.366 e. The van der Waals surface area contributed by atoms with Gasteiger partial charge in [-0.25, -0.2) is 8.42 Å². The second-order valence-corrected chi connectivity index (χ2v) is 10.5. The molecule has 0 saturated carbocycles. The Morgan fingerprint density at radius 2 is 1.45 bits per heavy atom. The number of Topliss-reactive ketones (excluding diaryl/α,β-unsaturated/α-hetero) is 2. The van der Waals surface area contributed by atoms with Crippen LogP contribution in [0.15, 0.2) is 64.8 Å². The molecule has 1 N–H and O–H groups in total. The van der Waals surface area contributed by atoms with Gasteiger partial charge in [-0.1, -0.05) is 49.7 Å². The highest BCUT2D eigenvalue weighted by molar-refractivity contribution is 7.89. The average Bonchev–Trinajstić information content (AvgIpc) is 2.71. The van der Waals surface area contributed by atoms with Crippen molar-refractivity contribution < 1.29 is 18.0 Å². The van der Waals surface area contributed by atoms with Crippen molar-refractivity contribution in [1.82, 2.24) is 9.62 Å². The molecule has 31 heavy (non-hydrogen) atoms. The van der Waals surface area contributed by atoms with Gasteiger partial charge in [0, 0.05) is 29.2 Å². The number of likely N-dealkylation sites (tertiary alicyclic amines) is 1. The van der Waals surface area contributed by atoms with E-state index in [1.807, 2.05) is 4.90 Å². The predicted molar refractivity (Wildman–Crippen MR) is 118 cm³/mol. The fourth-order valence-electron chi connectivity index (χ4n) is 4.41. The van der Waals surface area contributed by atoms with Crippen LogP contribution in [-0.4, -0.2) is 38.0 Å². The quantitative estimate of drug-likeness (QED) is 0.751. The largest absolute Gasteiger partial charge is 0.366 e. The van der Waals surface area contributed by atoms with E-state index < -0.39 is 15.8 Å². The number of piperidine rings is 1. The zero-order valence-corrected chi connectivity index (χ0v) is 18.8. The molecule has 2 aromatic carbocycles. The maximum absolute atomic E-state index is 13.4. The minimum atomic E-state index is -4.10. The van der Waals surface area contributed by atoms with Crippen molar-refractivity contribution in [3.8, 4) is 0 Å². The lowest BCUT2D eigenvalue weighted by molar-refractivity contribution is 0.0900. The Labute approximate surface area is 186 Å². The van der Waals surface area contributed by atoms with Crippen molar-refractivity contribution in [3.05, 3.63) is 76.1 Å². The summed E-state index contributed by atoms with van der Waals surface area (Å²) in [6, 6.07) is 12.2. The van der Waals surface area contributed by atoms with Crippen LogP contribution in [0.3, 0.4) is 0 Å². The average molecular weight is 459 g/mol.